The van der Waals surface area contributed by atoms with E-state index in [2.05, 4.69) is 5.32 Å². The molecule has 3 amide bonds. The fraction of sp³-hybridized carbons (Fsp3) is 0.667. The first kappa shape index (κ1) is 20.4. The van der Waals surface area contributed by atoms with Gasteiger partial charge in [-0.05, 0) is 37.8 Å². The summed E-state index contributed by atoms with van der Waals surface area (Å²) in [5.41, 5.74) is 0. The zero-order chi connectivity index (χ0) is 20.3. The van der Waals surface area contributed by atoms with Crippen LogP contribution in [-0.2, 0) is 9.59 Å². The summed E-state index contributed by atoms with van der Waals surface area (Å²) in [6.45, 7) is 7.34. The SMILES string of the molecule is CCC(C)C(NC(=O)C1CCC1)C(=O)N1CCN(C(=O)c2ccco2)C(C)C1. The van der Waals surface area contributed by atoms with Crippen molar-refractivity contribution in [1.82, 2.24) is 15.1 Å². The fourth-order valence-electron chi connectivity index (χ4n) is 3.82. The number of carbonyl (C=O) groups is 3. The molecule has 3 rings (SSSR count). The Bertz CT molecular complexity index is 699. The Balaban J connectivity index is 1.63. The number of furan rings is 1. The van der Waals surface area contributed by atoms with E-state index in [1.165, 1.54) is 6.26 Å². The van der Waals surface area contributed by atoms with Crippen molar-refractivity contribution in [2.45, 2.75) is 58.5 Å². The molecule has 2 fully saturated rings. The van der Waals surface area contributed by atoms with E-state index < -0.39 is 6.04 Å². The molecule has 1 saturated heterocycles. The molecule has 1 N–H and O–H groups in total. The number of nitrogens with zero attached hydrogens (tertiary/aromatic N) is 2. The van der Waals surface area contributed by atoms with E-state index in [-0.39, 0.29) is 35.6 Å². The summed E-state index contributed by atoms with van der Waals surface area (Å²) in [5, 5.41) is 3.01. The molecule has 3 atom stereocenters. The molecule has 0 aromatic carbocycles. The predicted octanol–water partition coefficient (Wildman–Crippen LogP) is 2.28. The molecule has 2 aliphatic rings. The lowest BCUT2D eigenvalue weighted by molar-refractivity contribution is -0.141. The number of hydrogen-bond donors (Lipinski definition) is 1. The lowest BCUT2D eigenvalue weighted by Gasteiger charge is -2.41. The van der Waals surface area contributed by atoms with Gasteiger partial charge in [0.15, 0.2) is 5.76 Å². The third kappa shape index (κ3) is 4.23. The minimum atomic E-state index is -0.502. The first-order valence-corrected chi connectivity index (χ1v) is 10.4. The Morgan fingerprint density at radius 2 is 2.04 bits per heavy atom. The zero-order valence-corrected chi connectivity index (χ0v) is 17.0. The number of rotatable bonds is 6. The van der Waals surface area contributed by atoms with E-state index in [1.54, 1.807) is 21.9 Å². The minimum absolute atomic E-state index is 0.00424. The van der Waals surface area contributed by atoms with E-state index in [4.69, 9.17) is 4.42 Å². The molecule has 1 saturated carbocycles. The molecule has 2 heterocycles. The highest BCUT2D eigenvalue weighted by atomic mass is 16.3. The number of amides is 3. The highest BCUT2D eigenvalue weighted by Gasteiger charge is 2.37. The van der Waals surface area contributed by atoms with Crippen molar-refractivity contribution in [3.63, 3.8) is 0 Å². The normalized spacial score (nSPS) is 22.3. The van der Waals surface area contributed by atoms with Gasteiger partial charge < -0.3 is 19.5 Å². The van der Waals surface area contributed by atoms with E-state index in [1.807, 2.05) is 20.8 Å². The molecule has 0 bridgehead atoms. The number of nitrogens with one attached hydrogen (secondary N) is 1. The van der Waals surface area contributed by atoms with Gasteiger partial charge >= 0.3 is 0 Å². The van der Waals surface area contributed by atoms with Gasteiger partial charge in [0.2, 0.25) is 11.8 Å². The summed E-state index contributed by atoms with van der Waals surface area (Å²) in [5.74, 6) is 0.248. The van der Waals surface area contributed by atoms with E-state index in [9.17, 15) is 14.4 Å². The second-order valence-corrected chi connectivity index (χ2v) is 8.11. The van der Waals surface area contributed by atoms with Crippen LogP contribution in [0, 0.1) is 11.8 Å². The Morgan fingerprint density at radius 1 is 1.29 bits per heavy atom. The predicted molar refractivity (Wildman–Crippen MR) is 105 cm³/mol. The average molecular weight is 389 g/mol. The highest BCUT2D eigenvalue weighted by molar-refractivity contribution is 5.92. The molecule has 7 nitrogen and oxygen atoms in total. The summed E-state index contributed by atoms with van der Waals surface area (Å²) < 4.78 is 5.22. The molecule has 28 heavy (non-hydrogen) atoms. The van der Waals surface area contributed by atoms with E-state index in [0.717, 1.165) is 25.7 Å². The summed E-state index contributed by atoms with van der Waals surface area (Å²) in [6, 6.07) is 2.73. The third-order valence-electron chi connectivity index (χ3n) is 6.18. The van der Waals surface area contributed by atoms with Gasteiger partial charge in [-0.2, -0.15) is 0 Å². The zero-order valence-electron chi connectivity index (χ0n) is 17.0. The highest BCUT2D eigenvalue weighted by Crippen LogP contribution is 2.27. The largest absolute Gasteiger partial charge is 0.459 e. The molecule has 1 aliphatic heterocycles. The first-order chi connectivity index (χ1) is 13.4. The van der Waals surface area contributed by atoms with Crippen LogP contribution in [0.15, 0.2) is 22.8 Å². The van der Waals surface area contributed by atoms with Crippen molar-refractivity contribution >= 4 is 17.7 Å². The van der Waals surface area contributed by atoms with Crippen LogP contribution in [0.2, 0.25) is 0 Å². The molecular weight excluding hydrogens is 358 g/mol. The van der Waals surface area contributed by atoms with Crippen molar-refractivity contribution in [3.8, 4) is 0 Å². The van der Waals surface area contributed by atoms with Gasteiger partial charge in [0.25, 0.3) is 5.91 Å². The smallest absolute Gasteiger partial charge is 0.289 e. The van der Waals surface area contributed by atoms with Crippen molar-refractivity contribution in [2.75, 3.05) is 19.6 Å². The first-order valence-electron chi connectivity index (χ1n) is 10.4. The molecule has 1 aromatic rings. The maximum atomic E-state index is 13.2. The van der Waals surface area contributed by atoms with E-state index >= 15 is 0 Å². The van der Waals surface area contributed by atoms with Gasteiger partial charge in [0.05, 0.1) is 6.26 Å². The van der Waals surface area contributed by atoms with E-state index in [0.29, 0.717) is 25.4 Å². The van der Waals surface area contributed by atoms with Gasteiger partial charge in [-0.25, -0.2) is 0 Å². The van der Waals surface area contributed by atoms with Crippen molar-refractivity contribution in [2.24, 2.45) is 11.8 Å². The van der Waals surface area contributed by atoms with Gasteiger partial charge in [-0.3, -0.25) is 14.4 Å². The molecule has 154 valence electrons. The monoisotopic (exact) mass is 389 g/mol. The fourth-order valence-corrected chi connectivity index (χ4v) is 3.82. The summed E-state index contributed by atoms with van der Waals surface area (Å²) in [7, 11) is 0. The van der Waals surface area contributed by atoms with Gasteiger partial charge in [0.1, 0.15) is 6.04 Å². The topological polar surface area (TPSA) is 82.9 Å². The van der Waals surface area contributed by atoms with Crippen LogP contribution in [0.1, 0.15) is 57.0 Å². The molecule has 0 radical (unpaired) electrons. The maximum Gasteiger partial charge on any atom is 0.289 e. The number of carbonyl (C=O) groups excluding carboxylic acids is 3. The van der Waals surface area contributed by atoms with Crippen molar-refractivity contribution < 1.29 is 18.8 Å². The quantitative estimate of drug-likeness (QED) is 0.809. The molecular formula is C21H31N3O4. The molecule has 3 unspecified atom stereocenters. The van der Waals surface area contributed by atoms with Crippen molar-refractivity contribution in [3.05, 3.63) is 24.2 Å². The van der Waals surface area contributed by atoms with Crippen LogP contribution in [-0.4, -0.2) is 59.2 Å². The van der Waals surface area contributed by atoms with Gasteiger partial charge in [-0.15, -0.1) is 0 Å². The standard InChI is InChI=1S/C21H31N3O4/c1-4-14(2)18(22-19(25)16-7-5-8-16)21(27)23-10-11-24(15(3)13-23)20(26)17-9-6-12-28-17/h6,9,12,14-16,18H,4-5,7-8,10-11,13H2,1-3H3,(H,22,25). The summed E-state index contributed by atoms with van der Waals surface area (Å²) in [6.07, 6.45) is 5.21. The summed E-state index contributed by atoms with van der Waals surface area (Å²) >= 11 is 0. The third-order valence-corrected chi connectivity index (χ3v) is 6.18. The summed E-state index contributed by atoms with van der Waals surface area (Å²) in [4.78, 5) is 41.7. The van der Waals surface area contributed by atoms with Crippen molar-refractivity contribution in [1.29, 1.82) is 0 Å². The lowest BCUT2D eigenvalue weighted by Crippen LogP contribution is -2.60. The molecule has 7 heteroatoms. The molecule has 1 aromatic heterocycles. The Labute approximate surface area is 166 Å². The number of piperazine rings is 1. The van der Waals surface area contributed by atoms with Crippen LogP contribution in [0.25, 0.3) is 0 Å². The molecule has 0 spiro atoms. The average Bonchev–Trinajstić information content (AvgIpc) is 3.17. The number of hydrogen-bond acceptors (Lipinski definition) is 4. The van der Waals surface area contributed by atoms with Crippen LogP contribution >= 0.6 is 0 Å². The maximum absolute atomic E-state index is 13.2. The lowest BCUT2D eigenvalue weighted by atomic mass is 9.84. The Kier molecular flexibility index (Phi) is 6.42. The minimum Gasteiger partial charge on any atom is -0.459 e. The Hall–Kier alpha value is -2.31. The van der Waals surface area contributed by atoms with Crippen LogP contribution in [0.4, 0.5) is 0 Å². The van der Waals surface area contributed by atoms with Crippen LogP contribution in [0.5, 0.6) is 0 Å². The van der Waals surface area contributed by atoms with Crippen LogP contribution < -0.4 is 5.32 Å². The Morgan fingerprint density at radius 3 is 2.57 bits per heavy atom. The molecule has 1 aliphatic carbocycles. The van der Waals surface area contributed by atoms with Gasteiger partial charge in [0, 0.05) is 31.6 Å². The second-order valence-electron chi connectivity index (χ2n) is 8.11. The van der Waals surface area contributed by atoms with Gasteiger partial charge in [-0.1, -0.05) is 26.7 Å². The van der Waals surface area contributed by atoms with Crippen LogP contribution in [0.3, 0.4) is 0 Å². The second kappa shape index (κ2) is 8.80.